The van der Waals surface area contributed by atoms with Crippen molar-refractivity contribution in [3.8, 4) is 0 Å². The Balaban J connectivity index is 3.87. The molecule has 0 saturated carbocycles. The van der Waals surface area contributed by atoms with Crippen molar-refractivity contribution in [1.29, 1.82) is 0 Å². The maximum Gasteiger partial charge on any atom is 0.248 e. The lowest BCUT2D eigenvalue weighted by molar-refractivity contribution is -0.133. The average molecular weight is 290 g/mol. The number of nitrogens with one attached hydrogen (secondary N) is 2. The summed E-state index contributed by atoms with van der Waals surface area (Å²) < 4.78 is 0. The zero-order valence-corrected chi connectivity index (χ0v) is 11.7. The van der Waals surface area contributed by atoms with Gasteiger partial charge >= 0.3 is 0 Å². The largest absolute Gasteiger partial charge is 0.387 e. The molecule has 0 bridgehead atoms. The van der Waals surface area contributed by atoms with Crippen molar-refractivity contribution in [2.45, 2.75) is 18.9 Å². The number of carbonyl (C=O) groups is 3. The van der Waals surface area contributed by atoms with E-state index in [0.29, 0.717) is 0 Å². The minimum absolute atomic E-state index is 0.0786. The molecule has 116 valence electrons. The first-order valence-corrected chi connectivity index (χ1v) is 6.12. The van der Waals surface area contributed by atoms with E-state index in [1.54, 1.807) is 0 Å². The molecule has 0 aliphatic rings. The van der Waals surface area contributed by atoms with Gasteiger partial charge in [0.1, 0.15) is 6.61 Å². The van der Waals surface area contributed by atoms with Gasteiger partial charge in [-0.25, -0.2) is 5.48 Å². The van der Waals surface area contributed by atoms with Crippen molar-refractivity contribution in [1.82, 2.24) is 15.7 Å². The maximum atomic E-state index is 11.6. The van der Waals surface area contributed by atoms with Crippen LogP contribution < -0.4 is 16.5 Å². The molecule has 5 N–H and O–H groups in total. The van der Waals surface area contributed by atoms with E-state index in [-0.39, 0.29) is 31.8 Å². The molecule has 0 aliphatic heterocycles. The van der Waals surface area contributed by atoms with Gasteiger partial charge in [-0.3, -0.25) is 19.2 Å². The fourth-order valence-corrected chi connectivity index (χ4v) is 1.30. The summed E-state index contributed by atoms with van der Waals surface area (Å²) in [5.74, 6) is -1.19. The second kappa shape index (κ2) is 10.1. The molecule has 1 atom stereocenters. The maximum absolute atomic E-state index is 11.6. The zero-order valence-electron chi connectivity index (χ0n) is 11.7. The van der Waals surface area contributed by atoms with E-state index in [1.165, 1.54) is 19.1 Å². The standard InChI is InChI=1S/C11H22N4O5/c1-15(10(18)7-16)6-4-8(12)11(19)13-5-3-9(17)14-20-2/h8,16H,3-7,12H2,1-2H3,(H,13,19)(H,14,17)/t8-/m0/s1. The molecular weight excluding hydrogens is 268 g/mol. The normalized spacial score (nSPS) is 11.6. The first-order chi connectivity index (χ1) is 9.42. The number of amides is 3. The van der Waals surface area contributed by atoms with E-state index in [1.807, 2.05) is 0 Å². The smallest absolute Gasteiger partial charge is 0.248 e. The van der Waals surface area contributed by atoms with Gasteiger partial charge in [0.15, 0.2) is 0 Å². The van der Waals surface area contributed by atoms with Crippen LogP contribution in [-0.4, -0.2) is 67.6 Å². The first kappa shape index (κ1) is 18.3. The highest BCUT2D eigenvalue weighted by molar-refractivity contribution is 5.82. The molecule has 0 spiro atoms. The van der Waals surface area contributed by atoms with Gasteiger partial charge < -0.3 is 21.1 Å². The van der Waals surface area contributed by atoms with Gasteiger partial charge in [0, 0.05) is 26.6 Å². The van der Waals surface area contributed by atoms with Crippen LogP contribution in [0, 0.1) is 0 Å². The minimum Gasteiger partial charge on any atom is -0.387 e. The molecule has 0 heterocycles. The van der Waals surface area contributed by atoms with E-state index in [0.717, 1.165) is 0 Å². The van der Waals surface area contributed by atoms with Gasteiger partial charge in [-0.1, -0.05) is 0 Å². The molecule has 0 radical (unpaired) electrons. The average Bonchev–Trinajstić information content (AvgIpc) is 2.43. The van der Waals surface area contributed by atoms with E-state index in [9.17, 15) is 14.4 Å². The molecule has 0 unspecified atom stereocenters. The lowest BCUT2D eigenvalue weighted by atomic mass is 10.2. The zero-order chi connectivity index (χ0) is 15.5. The third-order valence-electron chi connectivity index (χ3n) is 2.54. The Morgan fingerprint density at radius 3 is 2.60 bits per heavy atom. The highest BCUT2D eigenvalue weighted by Gasteiger charge is 2.15. The molecule has 0 aliphatic carbocycles. The van der Waals surface area contributed by atoms with E-state index in [2.05, 4.69) is 15.6 Å². The number of hydrogen-bond donors (Lipinski definition) is 4. The topological polar surface area (TPSA) is 134 Å². The molecule has 3 amide bonds. The van der Waals surface area contributed by atoms with Crippen LogP contribution in [0.2, 0.25) is 0 Å². The second-order valence-corrected chi connectivity index (χ2v) is 4.14. The number of carbonyl (C=O) groups excluding carboxylic acids is 3. The Bertz CT molecular complexity index is 337. The number of rotatable bonds is 9. The summed E-state index contributed by atoms with van der Waals surface area (Å²) in [4.78, 5) is 39.4. The van der Waals surface area contributed by atoms with Crippen LogP contribution in [0.15, 0.2) is 0 Å². The van der Waals surface area contributed by atoms with Crippen molar-refractivity contribution in [3.63, 3.8) is 0 Å². The van der Waals surface area contributed by atoms with Crippen LogP contribution in [0.25, 0.3) is 0 Å². The van der Waals surface area contributed by atoms with Crippen LogP contribution in [0.3, 0.4) is 0 Å². The third kappa shape index (κ3) is 7.67. The molecule has 0 saturated heterocycles. The van der Waals surface area contributed by atoms with Crippen molar-refractivity contribution in [2.75, 3.05) is 33.9 Å². The molecule has 0 aromatic carbocycles. The van der Waals surface area contributed by atoms with E-state index < -0.39 is 24.5 Å². The summed E-state index contributed by atoms with van der Waals surface area (Å²) in [5, 5.41) is 11.1. The predicted octanol–water partition coefficient (Wildman–Crippen LogP) is -2.66. The number of hydroxylamine groups is 1. The highest BCUT2D eigenvalue weighted by atomic mass is 16.6. The Labute approximate surface area is 117 Å². The number of hydrogen-bond acceptors (Lipinski definition) is 6. The molecule has 0 aromatic heterocycles. The van der Waals surface area contributed by atoms with Gasteiger partial charge in [-0.2, -0.15) is 0 Å². The Morgan fingerprint density at radius 1 is 1.40 bits per heavy atom. The lowest BCUT2D eigenvalue weighted by Crippen LogP contribution is -2.44. The monoisotopic (exact) mass is 290 g/mol. The van der Waals surface area contributed by atoms with Crippen LogP contribution in [0.5, 0.6) is 0 Å². The fraction of sp³-hybridized carbons (Fsp3) is 0.727. The van der Waals surface area contributed by atoms with Crippen LogP contribution >= 0.6 is 0 Å². The Kier molecular flexibility index (Phi) is 9.26. The number of nitrogens with zero attached hydrogens (tertiary/aromatic N) is 1. The summed E-state index contributed by atoms with van der Waals surface area (Å²) in [7, 11) is 2.83. The first-order valence-electron chi connectivity index (χ1n) is 6.12. The number of aliphatic hydroxyl groups excluding tert-OH is 1. The Morgan fingerprint density at radius 2 is 2.05 bits per heavy atom. The van der Waals surface area contributed by atoms with Gasteiger partial charge in [-0.05, 0) is 6.42 Å². The SMILES string of the molecule is CONC(=O)CCNC(=O)[C@@H](N)CCN(C)C(=O)CO. The van der Waals surface area contributed by atoms with Crippen molar-refractivity contribution >= 4 is 17.7 Å². The summed E-state index contributed by atoms with van der Waals surface area (Å²) in [6, 6.07) is -0.783. The predicted molar refractivity (Wildman–Crippen MR) is 70.1 cm³/mol. The molecule has 0 fully saturated rings. The van der Waals surface area contributed by atoms with Crippen molar-refractivity contribution in [2.24, 2.45) is 5.73 Å². The fourth-order valence-electron chi connectivity index (χ4n) is 1.30. The molecule has 0 rings (SSSR count). The number of aliphatic hydroxyl groups is 1. The van der Waals surface area contributed by atoms with Gasteiger partial charge in [0.2, 0.25) is 17.7 Å². The number of nitrogens with two attached hydrogens (primary N) is 1. The van der Waals surface area contributed by atoms with Gasteiger partial charge in [-0.15, -0.1) is 0 Å². The summed E-state index contributed by atoms with van der Waals surface area (Å²) in [5.41, 5.74) is 7.76. The highest BCUT2D eigenvalue weighted by Crippen LogP contribution is 1.93. The van der Waals surface area contributed by atoms with Crippen LogP contribution in [0.4, 0.5) is 0 Å². The second-order valence-electron chi connectivity index (χ2n) is 4.14. The van der Waals surface area contributed by atoms with Crippen molar-refractivity contribution < 1.29 is 24.3 Å². The summed E-state index contributed by atoms with van der Waals surface area (Å²) in [6.45, 7) is -0.169. The molecule has 20 heavy (non-hydrogen) atoms. The van der Waals surface area contributed by atoms with Gasteiger partial charge in [0.25, 0.3) is 0 Å². The number of likely N-dealkylation sites (N-methyl/N-ethyl adjacent to an activating group) is 1. The lowest BCUT2D eigenvalue weighted by Gasteiger charge is -2.18. The van der Waals surface area contributed by atoms with E-state index in [4.69, 9.17) is 10.8 Å². The summed E-state index contributed by atoms with van der Waals surface area (Å²) >= 11 is 0. The quantitative estimate of drug-likeness (QED) is 0.342. The molecule has 9 nitrogen and oxygen atoms in total. The molecule has 9 heteroatoms. The van der Waals surface area contributed by atoms with E-state index >= 15 is 0 Å². The third-order valence-corrected chi connectivity index (χ3v) is 2.54. The minimum atomic E-state index is -0.783. The Hall–Kier alpha value is -1.71. The van der Waals surface area contributed by atoms with Gasteiger partial charge in [0.05, 0.1) is 13.2 Å². The van der Waals surface area contributed by atoms with Crippen molar-refractivity contribution in [3.05, 3.63) is 0 Å². The van der Waals surface area contributed by atoms with Crippen LogP contribution in [-0.2, 0) is 19.2 Å². The molecule has 0 aromatic rings. The summed E-state index contributed by atoms with van der Waals surface area (Å²) in [6.07, 6.45) is 0.341. The molecular formula is C11H22N4O5. The van der Waals surface area contributed by atoms with Crippen LogP contribution in [0.1, 0.15) is 12.8 Å².